The monoisotopic (exact) mass is 1210 g/mol. The van der Waals surface area contributed by atoms with Crippen LogP contribution in [0.1, 0.15) is 172 Å². The van der Waals surface area contributed by atoms with Gasteiger partial charge < -0.3 is 34.3 Å². The molecule has 2 saturated heterocycles. The third kappa shape index (κ3) is 29.8. The van der Waals surface area contributed by atoms with Crippen LogP contribution in [-0.2, 0) is 52.5 Å². The van der Waals surface area contributed by atoms with E-state index in [1.807, 2.05) is 34.6 Å². The Balaban J connectivity index is 1.55. The predicted molar refractivity (Wildman–Crippen MR) is 334 cm³/mol. The SMILES string of the molecule is CCOC(C)(P)CC(COCCCNC(=O)CCN1C(=O)CC(SCCCCCCN(CCCCCCSC2CC(=O)N(CCC(=O)NCCCOCC(CC(C)P)C(C)(P)OCC)C2=O)C(C)(C)C)C1=O)C(C)(P)OCC. The van der Waals surface area contributed by atoms with Gasteiger partial charge in [0.15, 0.2) is 0 Å². The molecule has 16 nitrogen and oxygen atoms in total. The van der Waals surface area contributed by atoms with E-state index in [1.165, 1.54) is 9.80 Å². The highest BCUT2D eigenvalue weighted by Crippen LogP contribution is 2.39. The molecule has 2 aliphatic rings. The van der Waals surface area contributed by atoms with E-state index in [9.17, 15) is 28.8 Å². The molecule has 22 heteroatoms. The molecule has 0 aliphatic carbocycles. The minimum Gasteiger partial charge on any atom is -0.381 e. The molecular formula is C56H107N5O11P4S2. The van der Waals surface area contributed by atoms with Gasteiger partial charge in [0.2, 0.25) is 35.4 Å². The maximum atomic E-state index is 13.1. The molecule has 6 amide bonds. The number of ether oxygens (including phenoxy) is 5. The first-order valence-corrected chi connectivity index (χ1v) is 33.7. The molecule has 0 aromatic carbocycles. The second-order valence-corrected chi connectivity index (χ2v) is 30.0. The number of rotatable bonds is 46. The van der Waals surface area contributed by atoms with Gasteiger partial charge in [-0.2, -0.15) is 0 Å². The lowest BCUT2D eigenvalue weighted by Gasteiger charge is -2.38. The maximum Gasteiger partial charge on any atom is 0.242 e. The number of hydrogen-bond donors (Lipinski definition) is 2. The summed E-state index contributed by atoms with van der Waals surface area (Å²) in [5.74, 6) is 0.818. The van der Waals surface area contributed by atoms with Gasteiger partial charge in [-0.25, -0.2) is 0 Å². The van der Waals surface area contributed by atoms with Crippen molar-refractivity contribution in [2.45, 2.75) is 210 Å². The third-order valence-corrected chi connectivity index (χ3v) is 18.8. The number of imide groups is 2. The zero-order valence-corrected chi connectivity index (χ0v) is 56.0. The Hall–Kier alpha value is -0.600. The summed E-state index contributed by atoms with van der Waals surface area (Å²) < 4.78 is 29.9. The van der Waals surface area contributed by atoms with E-state index in [0.717, 1.165) is 88.8 Å². The largest absolute Gasteiger partial charge is 0.381 e. The van der Waals surface area contributed by atoms with Gasteiger partial charge in [0.05, 0.1) is 39.7 Å². The van der Waals surface area contributed by atoms with Crippen molar-refractivity contribution in [3.63, 3.8) is 0 Å². The van der Waals surface area contributed by atoms with Crippen LogP contribution in [0.2, 0.25) is 0 Å². The van der Waals surface area contributed by atoms with E-state index < -0.39 is 10.7 Å². The fraction of sp³-hybridized carbons (Fsp3) is 0.893. The molecule has 2 N–H and O–H groups in total. The first-order chi connectivity index (χ1) is 36.8. The topological polar surface area (TPSA) is 182 Å². The molecule has 0 radical (unpaired) electrons. The first kappa shape index (κ1) is 73.5. The molecule has 12 unspecified atom stereocenters. The highest BCUT2D eigenvalue weighted by atomic mass is 32.2. The van der Waals surface area contributed by atoms with Crippen LogP contribution in [0.3, 0.4) is 0 Å². The Kier molecular flexibility index (Phi) is 36.8. The van der Waals surface area contributed by atoms with Gasteiger partial charge in [-0.1, -0.05) is 32.6 Å². The van der Waals surface area contributed by atoms with E-state index >= 15 is 0 Å². The fourth-order valence-electron chi connectivity index (χ4n) is 9.72. The Labute approximate surface area is 489 Å². The Bertz CT molecular complexity index is 1780. The summed E-state index contributed by atoms with van der Waals surface area (Å²) in [6.07, 6.45) is 12.1. The zero-order chi connectivity index (χ0) is 58.4. The number of nitrogens with zero attached hydrogens (tertiary/aromatic N) is 3. The third-order valence-electron chi connectivity index (χ3n) is 14.3. The standard InChI is InChI=1S/C56H107N5O11P4S2/c1-11-70-54(8,74)39-44(56(10,76)72-13-3)41-69-33-23-27-58-48(63)25-31-61-50(65)38-46(52(61)67)78-35-21-17-15-19-29-59(53(5,6)7)28-18-14-16-20-34-77-45-37-49(64)60(51(45)66)30-24-47(62)57-26-22-32-68-40-43(36-42(4)73)55(9,75)71-12-2/h42-46H,11-41,73-76H2,1-10H3,(H,57,62)(H,58,63). The van der Waals surface area contributed by atoms with Gasteiger partial charge in [0.25, 0.3) is 0 Å². The highest BCUT2D eigenvalue weighted by molar-refractivity contribution is 8.00. The Morgan fingerprint density at radius 1 is 0.628 bits per heavy atom. The minimum atomic E-state index is -0.468. The fourth-order valence-corrected chi connectivity index (χ4v) is 13.7. The number of carbonyl (C=O) groups excluding carboxylic acids is 6. The molecule has 0 saturated carbocycles. The minimum absolute atomic E-state index is 0.0596. The summed E-state index contributed by atoms with van der Waals surface area (Å²) in [5, 5.41) is 3.83. The van der Waals surface area contributed by atoms with Crippen LogP contribution in [-0.4, -0.2) is 185 Å². The lowest BCUT2D eigenvalue weighted by molar-refractivity contribution is -0.140. The van der Waals surface area contributed by atoms with Crippen LogP contribution in [0.25, 0.3) is 0 Å². The number of amides is 6. The van der Waals surface area contributed by atoms with Crippen LogP contribution in [0, 0.1) is 11.8 Å². The number of likely N-dealkylation sites (tertiary alicyclic amines) is 2. The second kappa shape index (κ2) is 39.1. The molecule has 454 valence electrons. The molecular weight excluding hydrogens is 1110 g/mol. The summed E-state index contributed by atoms with van der Waals surface area (Å²) in [5.41, 5.74) is 0.501. The highest BCUT2D eigenvalue weighted by Gasteiger charge is 2.40. The maximum absolute atomic E-state index is 13.1. The number of thioether (sulfide) groups is 2. The van der Waals surface area contributed by atoms with Crippen LogP contribution in [0.15, 0.2) is 0 Å². The Morgan fingerprint density at radius 2 is 1.04 bits per heavy atom. The molecule has 2 fully saturated rings. The van der Waals surface area contributed by atoms with Crippen molar-refractivity contribution in [1.29, 1.82) is 0 Å². The zero-order valence-electron chi connectivity index (χ0n) is 49.8. The normalized spacial score (nSPS) is 19.8. The molecule has 2 rings (SSSR count). The van der Waals surface area contributed by atoms with E-state index in [2.05, 4.69) is 87.1 Å². The summed E-state index contributed by atoms with van der Waals surface area (Å²) in [6.45, 7) is 28.2. The van der Waals surface area contributed by atoms with Crippen LogP contribution in [0.5, 0.6) is 0 Å². The lowest BCUT2D eigenvalue weighted by atomic mass is 9.96. The Morgan fingerprint density at radius 3 is 1.45 bits per heavy atom. The van der Waals surface area contributed by atoms with Gasteiger partial charge in [-0.15, -0.1) is 60.5 Å². The number of hydrogen-bond acceptors (Lipinski definition) is 14. The van der Waals surface area contributed by atoms with E-state index in [0.29, 0.717) is 77.8 Å². The second-order valence-electron chi connectivity index (χ2n) is 22.7. The van der Waals surface area contributed by atoms with Crippen LogP contribution >= 0.6 is 60.5 Å². The molecule has 78 heavy (non-hydrogen) atoms. The summed E-state index contributed by atoms with van der Waals surface area (Å²) in [6, 6.07) is 0. The van der Waals surface area contributed by atoms with E-state index in [1.54, 1.807) is 23.5 Å². The number of unbranched alkanes of at least 4 members (excludes halogenated alkanes) is 6. The molecule has 0 aromatic rings. The predicted octanol–water partition coefficient (Wildman–Crippen LogP) is 8.91. The van der Waals surface area contributed by atoms with Crippen molar-refractivity contribution in [3.8, 4) is 0 Å². The number of nitrogens with one attached hydrogen (secondary N) is 2. The van der Waals surface area contributed by atoms with Crippen molar-refractivity contribution in [1.82, 2.24) is 25.3 Å². The van der Waals surface area contributed by atoms with Crippen LogP contribution < -0.4 is 10.6 Å². The molecule has 0 spiro atoms. The summed E-state index contributed by atoms with van der Waals surface area (Å²) in [7, 11) is 11.3. The quantitative estimate of drug-likeness (QED) is 0.0335. The van der Waals surface area contributed by atoms with E-state index in [-0.39, 0.29) is 107 Å². The van der Waals surface area contributed by atoms with Crippen molar-refractivity contribution in [2.24, 2.45) is 11.8 Å². The summed E-state index contributed by atoms with van der Waals surface area (Å²) >= 11 is 3.13. The van der Waals surface area contributed by atoms with Crippen LogP contribution in [0.4, 0.5) is 0 Å². The first-order valence-electron chi connectivity index (χ1n) is 29.2. The van der Waals surface area contributed by atoms with Crippen molar-refractivity contribution in [2.75, 3.05) is 97.0 Å². The van der Waals surface area contributed by atoms with Gasteiger partial charge in [-0.05, 0) is 144 Å². The van der Waals surface area contributed by atoms with Gasteiger partial charge >= 0.3 is 0 Å². The molecule has 0 aromatic heterocycles. The smallest absolute Gasteiger partial charge is 0.242 e. The van der Waals surface area contributed by atoms with Gasteiger partial charge in [0.1, 0.15) is 0 Å². The van der Waals surface area contributed by atoms with Gasteiger partial charge in [-0.3, -0.25) is 43.5 Å². The molecule has 12 atom stereocenters. The number of carbonyl (C=O) groups is 6. The molecule has 2 heterocycles. The average molecular weight is 1210 g/mol. The van der Waals surface area contributed by atoms with E-state index in [4.69, 9.17) is 23.7 Å². The lowest BCUT2D eigenvalue weighted by Crippen LogP contribution is -2.42. The van der Waals surface area contributed by atoms with Crippen molar-refractivity contribution in [3.05, 3.63) is 0 Å². The molecule has 2 aliphatic heterocycles. The average Bonchev–Trinajstić information content (AvgIpc) is 3.78. The van der Waals surface area contributed by atoms with Crippen molar-refractivity contribution >= 4 is 95.9 Å². The molecule has 0 bridgehead atoms. The van der Waals surface area contributed by atoms with Gasteiger partial charge in [0, 0.05) is 102 Å². The summed E-state index contributed by atoms with van der Waals surface area (Å²) in [4.78, 5) is 82.0. The van der Waals surface area contributed by atoms with Crippen molar-refractivity contribution < 1.29 is 52.5 Å².